The number of hydrogen-bond acceptors (Lipinski definition) is 4. The predicted molar refractivity (Wildman–Crippen MR) is 62.7 cm³/mol. The summed E-state index contributed by atoms with van der Waals surface area (Å²) in [5.41, 5.74) is 0. The van der Waals surface area contributed by atoms with Gasteiger partial charge < -0.3 is 9.47 Å². The Bertz CT molecular complexity index is 567. The topological polar surface area (TPSA) is 55.8 Å². The largest absolute Gasteiger partial charge is 0.573 e. The van der Waals surface area contributed by atoms with Crippen LogP contribution < -0.4 is 4.74 Å². The molecule has 112 valence electrons. The zero-order valence-corrected chi connectivity index (χ0v) is 11.1. The second kappa shape index (κ2) is 5.58. The molecule has 1 heterocycles. The van der Waals surface area contributed by atoms with E-state index in [4.69, 9.17) is 4.74 Å². The third-order valence-electron chi connectivity index (χ3n) is 2.66. The highest BCUT2D eigenvalue weighted by atomic mass is 32.2. The van der Waals surface area contributed by atoms with Crippen molar-refractivity contribution in [3.8, 4) is 5.75 Å². The SMILES string of the molecule is O=S(=O)(c1ccccc1OC(F)(F)F)N1CCOCC1. The summed E-state index contributed by atoms with van der Waals surface area (Å²) >= 11 is 0. The van der Waals surface area contributed by atoms with Gasteiger partial charge in [0.15, 0.2) is 0 Å². The molecule has 0 radical (unpaired) electrons. The van der Waals surface area contributed by atoms with Gasteiger partial charge in [-0.05, 0) is 12.1 Å². The van der Waals surface area contributed by atoms with Gasteiger partial charge in [0.2, 0.25) is 10.0 Å². The van der Waals surface area contributed by atoms with Gasteiger partial charge in [0.1, 0.15) is 10.6 Å². The highest BCUT2D eigenvalue weighted by Crippen LogP contribution is 2.31. The molecule has 5 nitrogen and oxygen atoms in total. The molecule has 1 aliphatic rings. The lowest BCUT2D eigenvalue weighted by atomic mass is 10.3. The summed E-state index contributed by atoms with van der Waals surface area (Å²) < 4.78 is 71.4. The molecular formula is C11H12F3NO4S. The van der Waals surface area contributed by atoms with Crippen LogP contribution in [0.5, 0.6) is 5.75 Å². The van der Waals surface area contributed by atoms with Gasteiger partial charge in [0.05, 0.1) is 13.2 Å². The summed E-state index contributed by atoms with van der Waals surface area (Å²) in [6.07, 6.45) is -4.95. The Kier molecular flexibility index (Phi) is 4.21. The molecule has 0 bridgehead atoms. The van der Waals surface area contributed by atoms with E-state index in [1.54, 1.807) is 0 Å². The van der Waals surface area contributed by atoms with Crippen molar-refractivity contribution in [3.63, 3.8) is 0 Å². The van der Waals surface area contributed by atoms with E-state index in [-0.39, 0.29) is 26.3 Å². The van der Waals surface area contributed by atoms with Crippen LogP contribution in [0.15, 0.2) is 29.2 Å². The van der Waals surface area contributed by atoms with Gasteiger partial charge in [-0.25, -0.2) is 8.42 Å². The summed E-state index contributed by atoms with van der Waals surface area (Å²) in [4.78, 5) is -0.501. The first-order chi connectivity index (χ1) is 9.31. The lowest BCUT2D eigenvalue weighted by molar-refractivity contribution is -0.275. The number of benzene rings is 1. The molecule has 0 saturated carbocycles. The van der Waals surface area contributed by atoms with Gasteiger partial charge in [0, 0.05) is 13.1 Å². The fourth-order valence-electron chi connectivity index (χ4n) is 1.80. The summed E-state index contributed by atoms with van der Waals surface area (Å²) in [5.74, 6) is -0.730. The van der Waals surface area contributed by atoms with Gasteiger partial charge in [-0.15, -0.1) is 13.2 Å². The minimum Gasteiger partial charge on any atom is -0.404 e. The van der Waals surface area contributed by atoms with E-state index < -0.39 is 27.0 Å². The van der Waals surface area contributed by atoms with Crippen molar-refractivity contribution in [1.29, 1.82) is 0 Å². The fraction of sp³-hybridized carbons (Fsp3) is 0.455. The molecular weight excluding hydrogens is 299 g/mol. The minimum absolute atomic E-state index is 0.0999. The molecule has 0 atom stereocenters. The number of nitrogens with zero attached hydrogens (tertiary/aromatic N) is 1. The number of para-hydroxylation sites is 1. The zero-order valence-electron chi connectivity index (χ0n) is 10.3. The Balaban J connectivity index is 2.36. The number of rotatable bonds is 3. The molecule has 2 rings (SSSR count). The van der Waals surface area contributed by atoms with Crippen LogP contribution in [-0.2, 0) is 14.8 Å². The van der Waals surface area contributed by atoms with Crippen LogP contribution >= 0.6 is 0 Å². The molecule has 0 N–H and O–H groups in total. The average molecular weight is 311 g/mol. The lowest BCUT2D eigenvalue weighted by Gasteiger charge is -2.26. The first-order valence-corrected chi connectivity index (χ1v) is 7.17. The lowest BCUT2D eigenvalue weighted by Crippen LogP contribution is -2.40. The number of morpholine rings is 1. The maximum atomic E-state index is 12.3. The molecule has 0 unspecified atom stereocenters. The van der Waals surface area contributed by atoms with Crippen LogP contribution in [0.25, 0.3) is 0 Å². The van der Waals surface area contributed by atoms with Crippen molar-refractivity contribution in [1.82, 2.24) is 4.31 Å². The van der Waals surface area contributed by atoms with Crippen molar-refractivity contribution < 1.29 is 31.1 Å². The van der Waals surface area contributed by atoms with Crippen LogP contribution in [0.2, 0.25) is 0 Å². The number of halogens is 3. The summed E-state index contributed by atoms with van der Waals surface area (Å²) in [6, 6.07) is 4.68. The van der Waals surface area contributed by atoms with E-state index in [1.165, 1.54) is 12.1 Å². The molecule has 0 amide bonds. The van der Waals surface area contributed by atoms with E-state index in [2.05, 4.69) is 4.74 Å². The Morgan fingerprint density at radius 3 is 2.35 bits per heavy atom. The minimum atomic E-state index is -4.95. The summed E-state index contributed by atoms with van der Waals surface area (Å²) in [5, 5.41) is 0. The molecule has 1 aliphatic heterocycles. The van der Waals surface area contributed by atoms with Gasteiger partial charge in [-0.2, -0.15) is 4.31 Å². The van der Waals surface area contributed by atoms with Crippen LogP contribution in [-0.4, -0.2) is 45.4 Å². The second-order valence-corrected chi connectivity index (χ2v) is 5.92. The third kappa shape index (κ3) is 3.41. The molecule has 0 spiro atoms. The van der Waals surface area contributed by atoms with E-state index in [0.717, 1.165) is 16.4 Å². The van der Waals surface area contributed by atoms with Crippen molar-refractivity contribution >= 4 is 10.0 Å². The normalized spacial score (nSPS) is 17.9. The quantitative estimate of drug-likeness (QED) is 0.851. The number of alkyl halides is 3. The van der Waals surface area contributed by atoms with Crippen molar-refractivity contribution in [2.24, 2.45) is 0 Å². The maximum absolute atomic E-state index is 12.3. The van der Waals surface area contributed by atoms with Crippen LogP contribution in [0, 0.1) is 0 Å². The number of ether oxygens (including phenoxy) is 2. The molecule has 1 saturated heterocycles. The standard InChI is InChI=1S/C11H12F3NO4S/c12-11(13,14)19-9-3-1-2-4-10(9)20(16,17)15-5-7-18-8-6-15/h1-4H,5-8H2. The van der Waals surface area contributed by atoms with Crippen molar-refractivity contribution in [2.75, 3.05) is 26.3 Å². The van der Waals surface area contributed by atoms with Gasteiger partial charge in [0.25, 0.3) is 0 Å². The van der Waals surface area contributed by atoms with E-state index >= 15 is 0 Å². The van der Waals surface area contributed by atoms with Gasteiger partial charge >= 0.3 is 6.36 Å². The molecule has 0 aromatic heterocycles. The predicted octanol–water partition coefficient (Wildman–Crippen LogP) is 1.61. The van der Waals surface area contributed by atoms with E-state index in [1.807, 2.05) is 0 Å². The third-order valence-corrected chi connectivity index (χ3v) is 4.60. The number of sulfonamides is 1. The monoisotopic (exact) mass is 311 g/mol. The smallest absolute Gasteiger partial charge is 0.404 e. The van der Waals surface area contributed by atoms with Crippen LogP contribution in [0.1, 0.15) is 0 Å². The summed E-state index contributed by atoms with van der Waals surface area (Å²) in [7, 11) is -4.04. The first-order valence-electron chi connectivity index (χ1n) is 5.73. The van der Waals surface area contributed by atoms with Gasteiger partial charge in [-0.1, -0.05) is 12.1 Å². The highest BCUT2D eigenvalue weighted by molar-refractivity contribution is 7.89. The average Bonchev–Trinajstić information content (AvgIpc) is 2.38. The van der Waals surface area contributed by atoms with Gasteiger partial charge in [-0.3, -0.25) is 0 Å². The molecule has 0 aliphatic carbocycles. The van der Waals surface area contributed by atoms with Crippen molar-refractivity contribution in [2.45, 2.75) is 11.3 Å². The molecule has 1 aromatic carbocycles. The molecule has 20 heavy (non-hydrogen) atoms. The van der Waals surface area contributed by atoms with Crippen LogP contribution in [0.3, 0.4) is 0 Å². The van der Waals surface area contributed by atoms with Crippen LogP contribution in [0.4, 0.5) is 13.2 Å². The number of hydrogen-bond donors (Lipinski definition) is 0. The molecule has 9 heteroatoms. The molecule has 1 aromatic rings. The Hall–Kier alpha value is -1.32. The first kappa shape index (κ1) is 15.1. The van der Waals surface area contributed by atoms with E-state index in [0.29, 0.717) is 0 Å². The molecule has 1 fully saturated rings. The second-order valence-electron chi connectivity index (χ2n) is 4.01. The Morgan fingerprint density at radius 2 is 1.75 bits per heavy atom. The van der Waals surface area contributed by atoms with E-state index in [9.17, 15) is 21.6 Å². The Morgan fingerprint density at radius 1 is 1.15 bits per heavy atom. The summed E-state index contributed by atoms with van der Waals surface area (Å²) in [6.45, 7) is 0.619. The Labute approximate surface area is 113 Å². The maximum Gasteiger partial charge on any atom is 0.573 e. The fourth-order valence-corrected chi connectivity index (χ4v) is 3.32. The zero-order chi connectivity index (χ0) is 14.8. The van der Waals surface area contributed by atoms with Crippen molar-refractivity contribution in [3.05, 3.63) is 24.3 Å². The highest BCUT2D eigenvalue weighted by Gasteiger charge is 2.35.